The zero-order valence-electron chi connectivity index (χ0n) is 12.9. The summed E-state index contributed by atoms with van der Waals surface area (Å²) < 4.78 is 5.05. The molecule has 4 heteroatoms. The highest BCUT2D eigenvalue weighted by Gasteiger charge is 2.40. The van der Waals surface area contributed by atoms with Gasteiger partial charge in [0, 0.05) is 13.1 Å². The second-order valence-corrected chi connectivity index (χ2v) is 5.62. The fourth-order valence-corrected chi connectivity index (χ4v) is 1.95. The molecule has 19 heavy (non-hydrogen) atoms. The molecule has 110 valence electrons. The van der Waals surface area contributed by atoms with E-state index >= 15 is 0 Å². The molecular weight excluding hydrogens is 242 g/mol. The predicted molar refractivity (Wildman–Crippen MR) is 76.6 cm³/mol. The number of carbonyl (C=O) groups is 2. The first-order chi connectivity index (χ1) is 8.79. The summed E-state index contributed by atoms with van der Waals surface area (Å²) in [5.74, 6) is -1.38. The average molecular weight is 269 g/mol. The van der Waals surface area contributed by atoms with E-state index in [-0.39, 0.29) is 12.5 Å². The van der Waals surface area contributed by atoms with Gasteiger partial charge in [0.25, 0.3) is 0 Å². The van der Waals surface area contributed by atoms with Gasteiger partial charge in [-0.15, -0.1) is 6.58 Å². The molecule has 0 saturated heterocycles. The van der Waals surface area contributed by atoms with E-state index < -0.39 is 17.3 Å². The summed E-state index contributed by atoms with van der Waals surface area (Å²) >= 11 is 0. The maximum atomic E-state index is 12.6. The lowest BCUT2D eigenvalue weighted by Crippen LogP contribution is -2.46. The van der Waals surface area contributed by atoms with Crippen molar-refractivity contribution in [1.82, 2.24) is 4.90 Å². The van der Waals surface area contributed by atoms with Crippen molar-refractivity contribution in [2.75, 3.05) is 19.7 Å². The van der Waals surface area contributed by atoms with Crippen molar-refractivity contribution in [1.29, 1.82) is 0 Å². The first kappa shape index (κ1) is 17.7. The van der Waals surface area contributed by atoms with Crippen LogP contribution in [0.2, 0.25) is 0 Å². The van der Waals surface area contributed by atoms with Crippen molar-refractivity contribution >= 4 is 11.9 Å². The SMILES string of the molecule is C=CCN(CCC)C(=O)C(C(=O)OCC)C(C)(C)C. The number of hydrogen-bond acceptors (Lipinski definition) is 3. The minimum atomic E-state index is -0.765. The van der Waals surface area contributed by atoms with Crippen LogP contribution in [0.4, 0.5) is 0 Å². The minimum Gasteiger partial charge on any atom is -0.465 e. The molecule has 0 N–H and O–H groups in total. The molecule has 1 atom stereocenters. The number of nitrogens with zero attached hydrogens (tertiary/aromatic N) is 1. The Morgan fingerprint density at radius 2 is 1.89 bits per heavy atom. The van der Waals surface area contributed by atoms with Crippen molar-refractivity contribution in [2.45, 2.75) is 41.0 Å². The van der Waals surface area contributed by atoms with Gasteiger partial charge >= 0.3 is 5.97 Å². The first-order valence-corrected chi connectivity index (χ1v) is 6.85. The molecule has 0 aliphatic carbocycles. The van der Waals surface area contributed by atoms with Crippen LogP contribution in [0.15, 0.2) is 12.7 Å². The van der Waals surface area contributed by atoms with Gasteiger partial charge in [0.1, 0.15) is 5.92 Å². The largest absolute Gasteiger partial charge is 0.465 e. The zero-order valence-corrected chi connectivity index (χ0v) is 12.9. The molecule has 0 saturated carbocycles. The van der Waals surface area contributed by atoms with Crippen LogP contribution in [0, 0.1) is 11.3 Å². The van der Waals surface area contributed by atoms with Gasteiger partial charge in [-0.1, -0.05) is 33.8 Å². The van der Waals surface area contributed by atoms with E-state index in [4.69, 9.17) is 4.74 Å². The van der Waals surface area contributed by atoms with Crippen LogP contribution in [-0.4, -0.2) is 36.5 Å². The summed E-state index contributed by atoms with van der Waals surface area (Å²) in [6, 6.07) is 0. The summed E-state index contributed by atoms with van der Waals surface area (Å²) in [4.78, 5) is 26.3. The van der Waals surface area contributed by atoms with Gasteiger partial charge in [0.05, 0.1) is 6.61 Å². The molecule has 0 heterocycles. The van der Waals surface area contributed by atoms with E-state index in [1.807, 2.05) is 27.7 Å². The van der Waals surface area contributed by atoms with Crippen LogP contribution < -0.4 is 0 Å². The monoisotopic (exact) mass is 269 g/mol. The van der Waals surface area contributed by atoms with Crippen molar-refractivity contribution in [3.8, 4) is 0 Å². The molecule has 0 aromatic carbocycles. The number of esters is 1. The maximum absolute atomic E-state index is 12.6. The van der Waals surface area contributed by atoms with Gasteiger partial charge in [0.2, 0.25) is 5.91 Å². The smallest absolute Gasteiger partial charge is 0.319 e. The third-order valence-electron chi connectivity index (χ3n) is 2.79. The minimum absolute atomic E-state index is 0.173. The molecule has 0 aliphatic rings. The lowest BCUT2D eigenvalue weighted by molar-refractivity contribution is -0.160. The second kappa shape index (κ2) is 7.97. The summed E-state index contributed by atoms with van der Waals surface area (Å²) in [5.41, 5.74) is -0.462. The molecule has 0 fully saturated rings. The van der Waals surface area contributed by atoms with Crippen LogP contribution in [0.25, 0.3) is 0 Å². The molecule has 0 rings (SSSR count). The summed E-state index contributed by atoms with van der Waals surface area (Å²) in [5, 5.41) is 0. The Labute approximate surface area is 116 Å². The number of rotatable bonds is 7. The molecule has 0 spiro atoms. The average Bonchev–Trinajstić information content (AvgIpc) is 2.27. The van der Waals surface area contributed by atoms with E-state index in [1.54, 1.807) is 17.9 Å². The first-order valence-electron chi connectivity index (χ1n) is 6.85. The van der Waals surface area contributed by atoms with Crippen molar-refractivity contribution in [2.24, 2.45) is 11.3 Å². The van der Waals surface area contributed by atoms with Crippen LogP contribution in [0.5, 0.6) is 0 Å². The van der Waals surface area contributed by atoms with Gasteiger partial charge in [-0.25, -0.2) is 0 Å². The van der Waals surface area contributed by atoms with Crippen LogP contribution in [0.1, 0.15) is 41.0 Å². The molecule has 0 bridgehead atoms. The molecule has 4 nitrogen and oxygen atoms in total. The number of carbonyl (C=O) groups excluding carboxylic acids is 2. The fourth-order valence-electron chi connectivity index (χ4n) is 1.95. The third kappa shape index (κ3) is 5.45. The quantitative estimate of drug-likeness (QED) is 0.405. The standard InChI is InChI=1S/C15H27NO3/c1-7-10-16(11-8-2)13(17)12(15(4,5)6)14(18)19-9-3/h7,12H,1,8-11H2,2-6H3. The molecular formula is C15H27NO3. The lowest BCUT2D eigenvalue weighted by Gasteiger charge is -2.32. The van der Waals surface area contributed by atoms with Crippen molar-refractivity contribution in [3.63, 3.8) is 0 Å². The van der Waals surface area contributed by atoms with Crippen molar-refractivity contribution in [3.05, 3.63) is 12.7 Å². The van der Waals surface area contributed by atoms with Gasteiger partial charge in [-0.2, -0.15) is 0 Å². The highest BCUT2D eigenvalue weighted by Crippen LogP contribution is 2.29. The Morgan fingerprint density at radius 3 is 2.26 bits per heavy atom. The number of ether oxygens (including phenoxy) is 1. The molecule has 0 radical (unpaired) electrons. The van der Waals surface area contributed by atoms with E-state index in [0.29, 0.717) is 13.1 Å². The second-order valence-electron chi connectivity index (χ2n) is 5.62. The molecule has 0 aliphatic heterocycles. The zero-order chi connectivity index (χ0) is 15.1. The van der Waals surface area contributed by atoms with Crippen LogP contribution in [-0.2, 0) is 14.3 Å². The van der Waals surface area contributed by atoms with Crippen LogP contribution in [0.3, 0.4) is 0 Å². The molecule has 0 aromatic rings. The van der Waals surface area contributed by atoms with Gasteiger partial charge < -0.3 is 9.64 Å². The molecule has 1 amide bonds. The van der Waals surface area contributed by atoms with Gasteiger partial charge in [0.15, 0.2) is 0 Å². The number of amides is 1. The normalized spacial score (nSPS) is 12.7. The highest BCUT2D eigenvalue weighted by atomic mass is 16.5. The van der Waals surface area contributed by atoms with E-state index in [9.17, 15) is 9.59 Å². The Balaban J connectivity index is 5.17. The third-order valence-corrected chi connectivity index (χ3v) is 2.79. The van der Waals surface area contributed by atoms with Crippen LogP contribution >= 0.6 is 0 Å². The number of hydrogen-bond donors (Lipinski definition) is 0. The van der Waals surface area contributed by atoms with Gasteiger partial charge in [-0.3, -0.25) is 9.59 Å². The van der Waals surface area contributed by atoms with E-state index in [1.165, 1.54) is 0 Å². The maximum Gasteiger partial charge on any atom is 0.319 e. The van der Waals surface area contributed by atoms with E-state index in [0.717, 1.165) is 6.42 Å². The fraction of sp³-hybridized carbons (Fsp3) is 0.733. The topological polar surface area (TPSA) is 46.6 Å². The molecule has 1 unspecified atom stereocenters. The Kier molecular flexibility index (Phi) is 7.42. The Bertz CT molecular complexity index is 318. The summed E-state index contributed by atoms with van der Waals surface area (Å²) in [7, 11) is 0. The van der Waals surface area contributed by atoms with Gasteiger partial charge in [-0.05, 0) is 18.8 Å². The highest BCUT2D eigenvalue weighted by molar-refractivity contribution is 5.98. The lowest BCUT2D eigenvalue weighted by atomic mass is 9.79. The summed E-state index contributed by atoms with van der Waals surface area (Å²) in [6.45, 7) is 14.4. The Morgan fingerprint density at radius 1 is 1.32 bits per heavy atom. The summed E-state index contributed by atoms with van der Waals surface area (Å²) in [6.07, 6.45) is 2.53. The predicted octanol–water partition coefficient (Wildman–Crippen LogP) is 2.64. The van der Waals surface area contributed by atoms with Crippen molar-refractivity contribution < 1.29 is 14.3 Å². The Hall–Kier alpha value is -1.32. The molecule has 0 aromatic heterocycles. The van der Waals surface area contributed by atoms with E-state index in [2.05, 4.69) is 6.58 Å².